The lowest BCUT2D eigenvalue weighted by Gasteiger charge is -2.18. The van der Waals surface area contributed by atoms with Crippen LogP contribution in [0.2, 0.25) is 0 Å². The molecule has 7 nitrogen and oxygen atoms in total. The smallest absolute Gasteiger partial charge is 0.314 e. The maximum absolute atomic E-state index is 12.7. The van der Waals surface area contributed by atoms with Gasteiger partial charge in [-0.2, -0.15) is 11.8 Å². The van der Waals surface area contributed by atoms with Crippen molar-refractivity contribution in [3.05, 3.63) is 63.4 Å². The Labute approximate surface area is 147 Å². The van der Waals surface area contributed by atoms with Gasteiger partial charge < -0.3 is 19.9 Å². The molecule has 2 aromatic heterocycles. The van der Waals surface area contributed by atoms with Crippen LogP contribution in [0.1, 0.15) is 12.5 Å². The number of anilines is 1. The Kier molecular flexibility index (Phi) is 5.08. The Balaban J connectivity index is 1.85. The maximum atomic E-state index is 12.7. The van der Waals surface area contributed by atoms with E-state index in [-0.39, 0.29) is 11.9 Å². The van der Waals surface area contributed by atoms with Crippen molar-refractivity contribution < 1.29 is 4.79 Å². The number of nitrogens with one attached hydrogen (secondary N) is 3. The number of benzene rings is 1. The second-order valence-corrected chi connectivity index (χ2v) is 6.57. The summed E-state index contributed by atoms with van der Waals surface area (Å²) in [6.45, 7) is 0. The monoisotopic (exact) mass is 358 g/mol. The van der Waals surface area contributed by atoms with Crippen LogP contribution in [0, 0.1) is 0 Å². The molecule has 3 rings (SSSR count). The number of amides is 1. The molecule has 0 saturated heterocycles. The average molecular weight is 358 g/mol. The normalized spacial score (nSPS) is 12.2. The molecule has 0 bridgehead atoms. The van der Waals surface area contributed by atoms with Crippen molar-refractivity contribution in [1.82, 2.24) is 14.5 Å². The van der Waals surface area contributed by atoms with Gasteiger partial charge in [0.25, 0.3) is 0 Å². The summed E-state index contributed by atoms with van der Waals surface area (Å²) >= 11 is 1.69. The molecular weight excluding hydrogens is 340 g/mol. The van der Waals surface area contributed by atoms with E-state index < -0.39 is 11.1 Å². The Bertz CT molecular complexity index is 991. The van der Waals surface area contributed by atoms with Crippen LogP contribution in [0.15, 0.2) is 52.3 Å². The highest BCUT2D eigenvalue weighted by Crippen LogP contribution is 2.19. The largest absolute Gasteiger partial charge is 0.342 e. The van der Waals surface area contributed by atoms with Gasteiger partial charge in [-0.15, -0.1) is 0 Å². The third-order valence-corrected chi connectivity index (χ3v) is 4.52. The molecule has 1 atom stereocenters. The first-order valence-corrected chi connectivity index (χ1v) is 9.16. The van der Waals surface area contributed by atoms with Gasteiger partial charge in [-0.3, -0.25) is 14.4 Å². The molecule has 0 aliphatic rings. The van der Waals surface area contributed by atoms with Gasteiger partial charge >= 0.3 is 11.1 Å². The first kappa shape index (κ1) is 17.1. The van der Waals surface area contributed by atoms with E-state index in [4.69, 9.17) is 0 Å². The maximum Gasteiger partial charge on any atom is 0.314 e. The molecule has 0 radical (unpaired) electrons. The van der Waals surface area contributed by atoms with Crippen molar-refractivity contribution >= 4 is 34.4 Å². The highest BCUT2D eigenvalue weighted by atomic mass is 32.2. The van der Waals surface area contributed by atoms with E-state index in [0.29, 0.717) is 23.1 Å². The molecule has 0 aliphatic heterocycles. The number of H-pyrrole nitrogens is 2. The third-order valence-electron chi connectivity index (χ3n) is 3.88. The molecule has 0 aliphatic carbocycles. The highest BCUT2D eigenvalue weighted by Gasteiger charge is 2.19. The van der Waals surface area contributed by atoms with Crippen molar-refractivity contribution in [2.24, 2.45) is 0 Å². The Hall–Kier alpha value is -2.74. The van der Waals surface area contributed by atoms with E-state index in [1.54, 1.807) is 30.0 Å². The molecule has 1 aromatic carbocycles. The van der Waals surface area contributed by atoms with E-state index in [1.165, 1.54) is 0 Å². The second kappa shape index (κ2) is 7.43. The van der Waals surface area contributed by atoms with Crippen LogP contribution in [0.4, 0.5) is 5.69 Å². The molecule has 25 heavy (non-hydrogen) atoms. The van der Waals surface area contributed by atoms with Crippen molar-refractivity contribution in [1.29, 1.82) is 0 Å². The molecule has 0 saturated carbocycles. The topological polar surface area (TPSA) is 99.8 Å². The predicted octanol–water partition coefficient (Wildman–Crippen LogP) is 1.95. The van der Waals surface area contributed by atoms with Crippen LogP contribution in [0.25, 0.3) is 11.0 Å². The number of fused-ring (bicyclic) bond motifs is 1. The molecule has 130 valence electrons. The van der Waals surface area contributed by atoms with E-state index in [9.17, 15) is 14.4 Å². The van der Waals surface area contributed by atoms with Gasteiger partial charge in [-0.05, 0) is 48.8 Å². The van der Waals surface area contributed by atoms with Gasteiger partial charge in [0.05, 0.1) is 11.0 Å². The number of aromatic nitrogens is 3. The lowest BCUT2D eigenvalue weighted by atomic mass is 10.2. The van der Waals surface area contributed by atoms with E-state index >= 15 is 0 Å². The standard InChI is InChI=1S/C17H18N4O3S/c1-25-9-6-14(21-7-2-3-8-21)15(22)18-11-4-5-12-13(10-11)20-17(24)16(23)19-12/h2-5,7-8,10,14H,6,9H2,1H3,(H,18,22)(H,19,23)(H,20,24)/t14-/m0/s1. The minimum absolute atomic E-state index is 0.128. The van der Waals surface area contributed by atoms with Crippen molar-refractivity contribution in [3.63, 3.8) is 0 Å². The molecule has 0 unspecified atom stereocenters. The van der Waals surface area contributed by atoms with Gasteiger partial charge in [0, 0.05) is 18.1 Å². The van der Waals surface area contributed by atoms with Crippen molar-refractivity contribution in [2.45, 2.75) is 12.5 Å². The summed E-state index contributed by atoms with van der Waals surface area (Å²) in [7, 11) is 0. The predicted molar refractivity (Wildman–Crippen MR) is 100 cm³/mol. The molecule has 2 heterocycles. The van der Waals surface area contributed by atoms with Gasteiger partial charge in [-0.25, -0.2) is 0 Å². The van der Waals surface area contributed by atoms with Crippen molar-refractivity contribution in [2.75, 3.05) is 17.3 Å². The zero-order chi connectivity index (χ0) is 17.8. The third kappa shape index (κ3) is 3.85. The van der Waals surface area contributed by atoms with Gasteiger partial charge in [0.1, 0.15) is 6.04 Å². The zero-order valence-corrected chi connectivity index (χ0v) is 14.4. The lowest BCUT2D eigenvalue weighted by molar-refractivity contribution is -0.119. The molecule has 3 aromatic rings. The number of hydrogen-bond donors (Lipinski definition) is 3. The van der Waals surface area contributed by atoms with E-state index in [2.05, 4.69) is 15.3 Å². The lowest BCUT2D eigenvalue weighted by Crippen LogP contribution is -2.29. The second-order valence-electron chi connectivity index (χ2n) is 5.59. The Morgan fingerprint density at radius 3 is 2.52 bits per heavy atom. The molecule has 0 fully saturated rings. The molecular formula is C17H18N4O3S. The fourth-order valence-electron chi connectivity index (χ4n) is 2.62. The number of nitrogens with zero attached hydrogens (tertiary/aromatic N) is 1. The van der Waals surface area contributed by atoms with Crippen LogP contribution < -0.4 is 16.4 Å². The number of aromatic amines is 2. The summed E-state index contributed by atoms with van der Waals surface area (Å²) in [5.74, 6) is 0.735. The number of thioether (sulfide) groups is 1. The summed E-state index contributed by atoms with van der Waals surface area (Å²) in [5.41, 5.74) is 0.104. The van der Waals surface area contributed by atoms with Gasteiger partial charge in [0.2, 0.25) is 5.91 Å². The number of carbonyl (C=O) groups is 1. The first-order valence-electron chi connectivity index (χ1n) is 7.77. The van der Waals surface area contributed by atoms with E-state index in [0.717, 1.165) is 5.75 Å². The van der Waals surface area contributed by atoms with Crippen LogP contribution in [-0.2, 0) is 4.79 Å². The minimum Gasteiger partial charge on any atom is -0.342 e. The summed E-state index contributed by atoms with van der Waals surface area (Å²) in [4.78, 5) is 40.5. The fraction of sp³-hybridized carbons (Fsp3) is 0.235. The summed E-state index contributed by atoms with van der Waals surface area (Å²) in [5, 5.41) is 2.88. The molecule has 1 amide bonds. The van der Waals surface area contributed by atoms with Crippen LogP contribution in [-0.4, -0.2) is 32.5 Å². The number of hydrogen-bond acceptors (Lipinski definition) is 4. The summed E-state index contributed by atoms with van der Waals surface area (Å²) in [6.07, 6.45) is 6.45. The fourth-order valence-corrected chi connectivity index (χ4v) is 3.08. The van der Waals surface area contributed by atoms with Gasteiger partial charge in [-0.1, -0.05) is 0 Å². The molecule has 8 heteroatoms. The Morgan fingerprint density at radius 1 is 1.16 bits per heavy atom. The molecule has 0 spiro atoms. The van der Waals surface area contributed by atoms with E-state index in [1.807, 2.05) is 35.3 Å². The van der Waals surface area contributed by atoms with Crippen LogP contribution in [0.3, 0.4) is 0 Å². The summed E-state index contributed by atoms with van der Waals surface area (Å²) in [6, 6.07) is 8.43. The Morgan fingerprint density at radius 2 is 1.84 bits per heavy atom. The SMILES string of the molecule is CSCC[C@@H](C(=O)Nc1ccc2[nH]c(=O)c(=O)[nH]c2c1)n1cccc1. The van der Waals surface area contributed by atoms with Gasteiger partial charge in [0.15, 0.2) is 0 Å². The average Bonchev–Trinajstić information content (AvgIpc) is 3.11. The number of carbonyl (C=O) groups excluding carboxylic acids is 1. The zero-order valence-electron chi connectivity index (χ0n) is 13.6. The highest BCUT2D eigenvalue weighted by molar-refractivity contribution is 7.98. The summed E-state index contributed by atoms with van der Waals surface area (Å²) < 4.78 is 1.88. The quantitative estimate of drug-likeness (QED) is 0.586. The minimum atomic E-state index is -0.721. The first-order chi connectivity index (χ1) is 12.1. The van der Waals surface area contributed by atoms with Crippen molar-refractivity contribution in [3.8, 4) is 0 Å². The number of rotatable bonds is 6. The van der Waals surface area contributed by atoms with Crippen LogP contribution in [0.5, 0.6) is 0 Å². The molecule has 3 N–H and O–H groups in total. The van der Waals surface area contributed by atoms with Crippen LogP contribution >= 0.6 is 11.8 Å².